The molecule has 2 N–H and O–H groups in total. The summed E-state index contributed by atoms with van der Waals surface area (Å²) in [4.78, 5) is 4.75. The van der Waals surface area contributed by atoms with Crippen LogP contribution in [0.15, 0.2) is 53.4 Å². The van der Waals surface area contributed by atoms with Crippen molar-refractivity contribution >= 4 is 61.6 Å². The van der Waals surface area contributed by atoms with Gasteiger partial charge in [0.2, 0.25) is 20.0 Å². The van der Waals surface area contributed by atoms with Gasteiger partial charge in [0, 0.05) is 32.9 Å². The summed E-state index contributed by atoms with van der Waals surface area (Å²) in [5.74, 6) is 0.876. The second-order valence-corrected chi connectivity index (χ2v) is 11.2. The largest absolute Gasteiger partial charge is 0.330 e. The van der Waals surface area contributed by atoms with Crippen LogP contribution in [-0.4, -0.2) is 57.1 Å². The van der Waals surface area contributed by atoms with Gasteiger partial charge in [0.25, 0.3) is 0 Å². The summed E-state index contributed by atoms with van der Waals surface area (Å²) in [5, 5.41) is 3.32. The molecule has 0 radical (unpaired) electrons. The molecule has 0 aliphatic heterocycles. The van der Waals surface area contributed by atoms with E-state index in [9.17, 15) is 16.8 Å². The third-order valence-electron chi connectivity index (χ3n) is 4.95. The number of imidazole rings is 1. The van der Waals surface area contributed by atoms with Gasteiger partial charge >= 0.3 is 0 Å². The van der Waals surface area contributed by atoms with Crippen LogP contribution in [0.1, 0.15) is 18.8 Å². The van der Waals surface area contributed by atoms with Gasteiger partial charge in [-0.1, -0.05) is 12.1 Å². The van der Waals surface area contributed by atoms with Gasteiger partial charge in [-0.3, -0.25) is 4.72 Å². The molecule has 0 fully saturated rings. The van der Waals surface area contributed by atoms with Crippen LogP contribution in [-0.2, 0) is 27.1 Å². The number of likely N-dealkylation sites (N-methyl/N-ethyl adjacent to an activating group) is 1. The number of nitrogens with one attached hydrogen (secondary N) is 2. The quantitative estimate of drug-likeness (QED) is 0.433. The maximum atomic E-state index is 12.8. The van der Waals surface area contributed by atoms with Crippen molar-refractivity contribution in [3.63, 3.8) is 0 Å². The van der Waals surface area contributed by atoms with Crippen molar-refractivity contribution < 1.29 is 16.8 Å². The van der Waals surface area contributed by atoms with Gasteiger partial charge in [0.1, 0.15) is 5.82 Å². The highest BCUT2D eigenvalue weighted by atomic mass is 35.5. The molecule has 0 bridgehead atoms. The van der Waals surface area contributed by atoms with Crippen LogP contribution in [0.2, 0.25) is 0 Å². The van der Waals surface area contributed by atoms with Gasteiger partial charge in [-0.2, -0.15) is 4.31 Å². The molecule has 0 amide bonds. The molecule has 1 heterocycles. The van der Waals surface area contributed by atoms with Crippen LogP contribution in [0.4, 0.5) is 5.69 Å². The molecule has 1 atom stereocenters. The lowest BCUT2D eigenvalue weighted by Crippen LogP contribution is -2.35. The fraction of sp³-hybridized carbons (Fsp3) is 0.350. The fourth-order valence-electron chi connectivity index (χ4n) is 3.29. The molecule has 3 rings (SSSR count). The Morgan fingerprint density at radius 1 is 1.03 bits per heavy atom. The minimum absolute atomic E-state index is 0. The molecule has 3 aromatic rings. The van der Waals surface area contributed by atoms with Gasteiger partial charge in [0.15, 0.2) is 0 Å². The number of aryl methyl sites for hydroxylation is 1. The lowest BCUT2D eigenvalue weighted by molar-refractivity contribution is 0.438. The molecular weight excluding hydrogens is 509 g/mol. The van der Waals surface area contributed by atoms with Gasteiger partial charge in [-0.05, 0) is 43.3 Å². The van der Waals surface area contributed by atoms with Crippen molar-refractivity contribution in [2.45, 2.75) is 17.9 Å². The van der Waals surface area contributed by atoms with Crippen molar-refractivity contribution in [2.24, 2.45) is 7.05 Å². The zero-order valence-corrected chi connectivity index (χ0v) is 22.0. The molecule has 0 spiro atoms. The Morgan fingerprint density at radius 3 is 2.21 bits per heavy atom. The van der Waals surface area contributed by atoms with E-state index in [0.717, 1.165) is 23.1 Å². The zero-order valence-electron chi connectivity index (χ0n) is 18.7. The van der Waals surface area contributed by atoms with Crippen molar-refractivity contribution in [3.8, 4) is 0 Å². The Kier molecular flexibility index (Phi) is 10.2. The molecular formula is C20H29Cl2N5O4S2. The third-order valence-corrected chi connectivity index (χ3v) is 7.43. The normalized spacial score (nSPS) is 12.8. The number of fused-ring (bicyclic) bond motifs is 1. The number of hydrogen-bond donors (Lipinski definition) is 2. The van der Waals surface area contributed by atoms with E-state index in [4.69, 9.17) is 0 Å². The number of aromatic nitrogens is 2. The SMILES string of the molecule is CC(NCCN(C)S(=O)(=O)c1ccc(NS(C)(=O)=O)cc1)c1nc2ccccc2n1C.Cl.Cl. The molecule has 184 valence electrons. The Labute approximate surface area is 207 Å². The predicted molar refractivity (Wildman–Crippen MR) is 136 cm³/mol. The van der Waals surface area contributed by atoms with Crippen molar-refractivity contribution in [2.75, 3.05) is 31.1 Å². The second kappa shape index (κ2) is 11.5. The number of benzene rings is 2. The van der Waals surface area contributed by atoms with Gasteiger partial charge < -0.3 is 9.88 Å². The first kappa shape index (κ1) is 29.1. The molecule has 0 aliphatic carbocycles. The summed E-state index contributed by atoms with van der Waals surface area (Å²) in [6.45, 7) is 2.69. The molecule has 33 heavy (non-hydrogen) atoms. The van der Waals surface area contributed by atoms with E-state index < -0.39 is 20.0 Å². The lowest BCUT2D eigenvalue weighted by atomic mass is 10.3. The average Bonchev–Trinajstić information content (AvgIpc) is 3.04. The monoisotopic (exact) mass is 537 g/mol. The van der Waals surface area contributed by atoms with Crippen molar-refractivity contribution in [3.05, 3.63) is 54.4 Å². The lowest BCUT2D eigenvalue weighted by Gasteiger charge is -2.20. The smallest absolute Gasteiger partial charge is 0.242 e. The second-order valence-electron chi connectivity index (χ2n) is 7.42. The van der Waals surface area contributed by atoms with E-state index in [-0.39, 0.29) is 42.3 Å². The van der Waals surface area contributed by atoms with Gasteiger partial charge in [-0.15, -0.1) is 24.8 Å². The molecule has 1 aromatic heterocycles. The first-order chi connectivity index (χ1) is 14.5. The molecule has 0 aliphatic rings. The third kappa shape index (κ3) is 7.05. The zero-order chi connectivity index (χ0) is 22.8. The Hall–Kier alpha value is -1.89. The van der Waals surface area contributed by atoms with Crippen LogP contribution >= 0.6 is 24.8 Å². The van der Waals surface area contributed by atoms with E-state index in [2.05, 4.69) is 15.0 Å². The highest BCUT2D eigenvalue weighted by Gasteiger charge is 2.21. The van der Waals surface area contributed by atoms with Crippen LogP contribution in [0.25, 0.3) is 11.0 Å². The van der Waals surface area contributed by atoms with Gasteiger partial charge in [-0.25, -0.2) is 21.8 Å². The number of halogens is 2. The molecule has 9 nitrogen and oxygen atoms in total. The summed E-state index contributed by atoms with van der Waals surface area (Å²) in [6, 6.07) is 13.4. The highest BCUT2D eigenvalue weighted by Crippen LogP contribution is 2.20. The van der Waals surface area contributed by atoms with Crippen LogP contribution < -0.4 is 10.0 Å². The standard InChI is InChI=1S/C20H27N5O4S2.2ClH/c1-15(20-22-18-7-5-6-8-19(18)25(20)3)21-13-14-24(2)31(28,29)17-11-9-16(10-12-17)23-30(4,26)27;;/h5-12,15,21,23H,13-14H2,1-4H3;2*1H. The summed E-state index contributed by atoms with van der Waals surface area (Å²) in [7, 11) is -3.64. The molecule has 1 unspecified atom stereocenters. The number of anilines is 1. The summed E-state index contributed by atoms with van der Waals surface area (Å²) in [5.41, 5.74) is 2.27. The van der Waals surface area contributed by atoms with E-state index in [1.165, 1.54) is 35.6 Å². The molecule has 2 aromatic carbocycles. The van der Waals surface area contributed by atoms with Crippen molar-refractivity contribution in [1.82, 2.24) is 19.2 Å². The predicted octanol–water partition coefficient (Wildman–Crippen LogP) is 2.76. The van der Waals surface area contributed by atoms with E-state index in [1.807, 2.05) is 42.8 Å². The minimum atomic E-state index is -3.70. The Bertz CT molecular complexity index is 1280. The number of para-hydroxylation sites is 2. The fourth-order valence-corrected chi connectivity index (χ4v) is 5.03. The summed E-state index contributed by atoms with van der Waals surface area (Å²) >= 11 is 0. The topological polar surface area (TPSA) is 113 Å². The highest BCUT2D eigenvalue weighted by molar-refractivity contribution is 7.92. The molecule has 13 heteroatoms. The Morgan fingerprint density at radius 2 is 1.64 bits per heavy atom. The molecule has 0 saturated carbocycles. The van der Waals surface area contributed by atoms with E-state index in [0.29, 0.717) is 12.2 Å². The maximum Gasteiger partial charge on any atom is 0.242 e. The molecule has 0 saturated heterocycles. The summed E-state index contributed by atoms with van der Waals surface area (Å²) in [6.07, 6.45) is 1.03. The average molecular weight is 539 g/mol. The number of nitrogens with zero attached hydrogens (tertiary/aromatic N) is 3. The minimum Gasteiger partial charge on any atom is -0.330 e. The van der Waals surface area contributed by atoms with E-state index >= 15 is 0 Å². The van der Waals surface area contributed by atoms with E-state index in [1.54, 1.807) is 0 Å². The van der Waals surface area contributed by atoms with Gasteiger partial charge in [0.05, 0.1) is 28.2 Å². The number of sulfonamides is 2. The first-order valence-electron chi connectivity index (χ1n) is 9.68. The first-order valence-corrected chi connectivity index (χ1v) is 13.0. The van der Waals surface area contributed by atoms with Crippen LogP contribution in [0.5, 0.6) is 0 Å². The van der Waals surface area contributed by atoms with Crippen LogP contribution in [0, 0.1) is 0 Å². The maximum absolute atomic E-state index is 12.8. The van der Waals surface area contributed by atoms with Crippen LogP contribution in [0.3, 0.4) is 0 Å². The summed E-state index contributed by atoms with van der Waals surface area (Å²) < 4.78 is 53.8. The van der Waals surface area contributed by atoms with Crippen molar-refractivity contribution in [1.29, 1.82) is 0 Å². The number of rotatable bonds is 9. The number of hydrogen-bond acceptors (Lipinski definition) is 6. The Balaban J connectivity index is 0.00000272.